The minimum atomic E-state index is 0.609. The van der Waals surface area contributed by atoms with Gasteiger partial charge in [0, 0.05) is 11.0 Å². The van der Waals surface area contributed by atoms with Gasteiger partial charge in [-0.2, -0.15) is 0 Å². The summed E-state index contributed by atoms with van der Waals surface area (Å²) in [5.74, 6) is 1.29. The second-order valence-corrected chi connectivity index (χ2v) is 6.51. The molecule has 0 fully saturated rings. The van der Waals surface area contributed by atoms with Crippen LogP contribution in [0.5, 0.6) is 0 Å². The van der Waals surface area contributed by atoms with Gasteiger partial charge in [-0.3, -0.25) is 0 Å². The highest BCUT2D eigenvalue weighted by atomic mass is 33.1. The SMILES string of the molecule is CCCCCSSC(C)c1ccccc1. The third-order valence-corrected chi connectivity index (χ3v) is 5.24. The number of unbranched alkanes of at least 4 members (excludes halogenated alkanes) is 2. The molecule has 84 valence electrons. The van der Waals surface area contributed by atoms with Crippen molar-refractivity contribution in [3.05, 3.63) is 35.9 Å². The van der Waals surface area contributed by atoms with Crippen molar-refractivity contribution in [2.24, 2.45) is 0 Å². The van der Waals surface area contributed by atoms with Crippen molar-refractivity contribution >= 4 is 21.6 Å². The zero-order chi connectivity index (χ0) is 10.9. The first-order valence-corrected chi connectivity index (χ1v) is 8.06. The van der Waals surface area contributed by atoms with Gasteiger partial charge in [0.25, 0.3) is 0 Å². The van der Waals surface area contributed by atoms with Crippen LogP contribution >= 0.6 is 21.6 Å². The zero-order valence-electron chi connectivity index (χ0n) is 9.61. The van der Waals surface area contributed by atoms with Gasteiger partial charge in [0.1, 0.15) is 0 Å². The molecular weight excluding hydrogens is 220 g/mol. The van der Waals surface area contributed by atoms with E-state index in [9.17, 15) is 0 Å². The fraction of sp³-hybridized carbons (Fsp3) is 0.538. The second-order valence-electron chi connectivity index (χ2n) is 3.68. The van der Waals surface area contributed by atoms with Crippen LogP contribution in [-0.4, -0.2) is 5.75 Å². The molecule has 0 bridgehead atoms. The summed E-state index contributed by atoms with van der Waals surface area (Å²) in [6, 6.07) is 10.7. The van der Waals surface area contributed by atoms with Crippen molar-refractivity contribution in [3.8, 4) is 0 Å². The molecule has 0 aliphatic heterocycles. The van der Waals surface area contributed by atoms with Crippen LogP contribution in [0.3, 0.4) is 0 Å². The quantitative estimate of drug-likeness (QED) is 0.467. The number of hydrogen-bond donors (Lipinski definition) is 0. The maximum absolute atomic E-state index is 2.28. The molecule has 0 aliphatic carbocycles. The van der Waals surface area contributed by atoms with E-state index in [1.807, 2.05) is 21.6 Å². The van der Waals surface area contributed by atoms with Crippen LogP contribution in [0.4, 0.5) is 0 Å². The Hall–Kier alpha value is -0.0800. The average molecular weight is 240 g/mol. The van der Waals surface area contributed by atoms with Gasteiger partial charge in [-0.25, -0.2) is 0 Å². The second kappa shape index (κ2) is 8.12. The largest absolute Gasteiger partial charge is 0.0935 e. The van der Waals surface area contributed by atoms with Gasteiger partial charge in [-0.1, -0.05) is 71.7 Å². The van der Waals surface area contributed by atoms with Gasteiger partial charge in [-0.15, -0.1) is 0 Å². The van der Waals surface area contributed by atoms with Crippen LogP contribution in [0.25, 0.3) is 0 Å². The topological polar surface area (TPSA) is 0 Å². The molecule has 0 aliphatic rings. The lowest BCUT2D eigenvalue weighted by Gasteiger charge is -2.10. The molecule has 0 heterocycles. The van der Waals surface area contributed by atoms with Crippen molar-refractivity contribution in [1.29, 1.82) is 0 Å². The van der Waals surface area contributed by atoms with Crippen LogP contribution in [0, 0.1) is 0 Å². The first kappa shape index (κ1) is 13.0. The predicted octanol–water partition coefficient (Wildman–Crippen LogP) is 5.32. The number of rotatable bonds is 7. The third kappa shape index (κ3) is 5.53. The Kier molecular flexibility index (Phi) is 7.03. The molecule has 1 unspecified atom stereocenters. The molecule has 0 amide bonds. The van der Waals surface area contributed by atoms with Crippen LogP contribution in [0.1, 0.15) is 43.9 Å². The number of hydrogen-bond acceptors (Lipinski definition) is 2. The van der Waals surface area contributed by atoms with Gasteiger partial charge in [-0.05, 0) is 18.9 Å². The van der Waals surface area contributed by atoms with E-state index in [1.165, 1.54) is 30.6 Å². The maximum Gasteiger partial charge on any atom is 0.0372 e. The van der Waals surface area contributed by atoms with Crippen molar-refractivity contribution in [1.82, 2.24) is 0 Å². The highest BCUT2D eigenvalue weighted by molar-refractivity contribution is 8.76. The van der Waals surface area contributed by atoms with E-state index in [0.717, 1.165) is 0 Å². The van der Waals surface area contributed by atoms with Gasteiger partial charge >= 0.3 is 0 Å². The Morgan fingerprint density at radius 3 is 2.53 bits per heavy atom. The van der Waals surface area contributed by atoms with Gasteiger partial charge in [0.2, 0.25) is 0 Å². The standard InChI is InChI=1S/C13H20S2/c1-3-4-8-11-14-15-12(2)13-9-6-5-7-10-13/h5-7,9-10,12H,3-4,8,11H2,1-2H3. The van der Waals surface area contributed by atoms with E-state index in [4.69, 9.17) is 0 Å². The molecule has 1 aromatic carbocycles. The smallest absolute Gasteiger partial charge is 0.0372 e. The Morgan fingerprint density at radius 2 is 1.87 bits per heavy atom. The minimum absolute atomic E-state index is 0.609. The van der Waals surface area contributed by atoms with Crippen molar-refractivity contribution in [3.63, 3.8) is 0 Å². The van der Waals surface area contributed by atoms with E-state index in [-0.39, 0.29) is 0 Å². The molecule has 1 aromatic rings. The van der Waals surface area contributed by atoms with E-state index in [2.05, 4.69) is 44.2 Å². The number of benzene rings is 1. The molecule has 0 spiro atoms. The molecule has 0 nitrogen and oxygen atoms in total. The van der Waals surface area contributed by atoms with Crippen LogP contribution < -0.4 is 0 Å². The summed E-state index contributed by atoms with van der Waals surface area (Å²) >= 11 is 0. The summed E-state index contributed by atoms with van der Waals surface area (Å²) in [6.45, 7) is 4.54. The summed E-state index contributed by atoms with van der Waals surface area (Å²) in [4.78, 5) is 0. The van der Waals surface area contributed by atoms with E-state index >= 15 is 0 Å². The highest BCUT2D eigenvalue weighted by Crippen LogP contribution is 2.37. The van der Waals surface area contributed by atoms with Gasteiger partial charge in [0.15, 0.2) is 0 Å². The Bertz CT molecular complexity index is 246. The summed E-state index contributed by atoms with van der Waals surface area (Å²) in [7, 11) is 4.01. The maximum atomic E-state index is 2.28. The molecular formula is C13H20S2. The zero-order valence-corrected chi connectivity index (χ0v) is 11.2. The van der Waals surface area contributed by atoms with E-state index in [0.29, 0.717) is 5.25 Å². The molecule has 0 saturated heterocycles. The molecule has 0 N–H and O–H groups in total. The fourth-order valence-electron chi connectivity index (χ4n) is 1.34. The summed E-state index contributed by atoms with van der Waals surface area (Å²) in [5, 5.41) is 0.609. The van der Waals surface area contributed by atoms with Crippen LogP contribution in [0.15, 0.2) is 30.3 Å². The third-order valence-electron chi connectivity index (χ3n) is 2.31. The summed E-state index contributed by atoms with van der Waals surface area (Å²) in [6.07, 6.45) is 4.04. The molecule has 2 heteroatoms. The normalized spacial score (nSPS) is 12.7. The Morgan fingerprint density at radius 1 is 1.13 bits per heavy atom. The molecule has 1 atom stereocenters. The van der Waals surface area contributed by atoms with Crippen molar-refractivity contribution in [2.45, 2.75) is 38.4 Å². The molecule has 0 radical (unpaired) electrons. The fourth-order valence-corrected chi connectivity index (χ4v) is 3.82. The molecule has 15 heavy (non-hydrogen) atoms. The van der Waals surface area contributed by atoms with E-state index in [1.54, 1.807) is 0 Å². The molecule has 0 saturated carbocycles. The van der Waals surface area contributed by atoms with E-state index < -0.39 is 0 Å². The highest BCUT2D eigenvalue weighted by Gasteiger charge is 2.04. The van der Waals surface area contributed by atoms with Crippen LogP contribution in [0.2, 0.25) is 0 Å². The monoisotopic (exact) mass is 240 g/mol. The molecule has 0 aromatic heterocycles. The Labute approximate surface area is 102 Å². The summed E-state index contributed by atoms with van der Waals surface area (Å²) in [5.41, 5.74) is 1.44. The van der Waals surface area contributed by atoms with Crippen molar-refractivity contribution < 1.29 is 0 Å². The van der Waals surface area contributed by atoms with Gasteiger partial charge in [0.05, 0.1) is 0 Å². The summed E-state index contributed by atoms with van der Waals surface area (Å²) < 4.78 is 0. The van der Waals surface area contributed by atoms with Crippen LogP contribution in [-0.2, 0) is 0 Å². The van der Waals surface area contributed by atoms with Gasteiger partial charge < -0.3 is 0 Å². The Balaban J connectivity index is 2.16. The minimum Gasteiger partial charge on any atom is -0.0935 e. The average Bonchev–Trinajstić information content (AvgIpc) is 2.30. The lowest BCUT2D eigenvalue weighted by Crippen LogP contribution is -1.85. The predicted molar refractivity (Wildman–Crippen MR) is 74.4 cm³/mol. The first-order valence-electron chi connectivity index (χ1n) is 5.67. The lowest BCUT2D eigenvalue weighted by molar-refractivity contribution is 0.779. The van der Waals surface area contributed by atoms with Crippen molar-refractivity contribution in [2.75, 3.05) is 5.75 Å². The first-order chi connectivity index (χ1) is 7.34. The molecule has 1 rings (SSSR count). The lowest BCUT2D eigenvalue weighted by atomic mass is 10.2.